The molecule has 1 fully saturated rings. The molecular weight excluding hydrogens is 388 g/mol. The summed E-state index contributed by atoms with van der Waals surface area (Å²) >= 11 is 0. The molecule has 28 heavy (non-hydrogen) atoms. The molecule has 13 heteroatoms. The van der Waals surface area contributed by atoms with Crippen molar-refractivity contribution in [2.75, 3.05) is 36.4 Å². The van der Waals surface area contributed by atoms with Crippen molar-refractivity contribution < 1.29 is 18.3 Å². The van der Waals surface area contributed by atoms with E-state index in [-0.39, 0.29) is 29.6 Å². The van der Waals surface area contributed by atoms with Gasteiger partial charge in [-0.15, -0.1) is 10.2 Å². The Bertz CT molecular complexity index is 1030. The molecule has 1 aliphatic heterocycles. The number of piperazine rings is 1. The first-order valence-corrected chi connectivity index (χ1v) is 9.58. The van der Waals surface area contributed by atoms with Crippen molar-refractivity contribution in [2.45, 2.75) is 11.9 Å². The summed E-state index contributed by atoms with van der Waals surface area (Å²) in [6, 6.07) is 5.98. The van der Waals surface area contributed by atoms with Crippen molar-refractivity contribution in [2.24, 2.45) is 0 Å². The average molecular weight is 404 g/mol. The second-order valence-corrected chi connectivity index (χ2v) is 7.77. The maximum absolute atomic E-state index is 12.7. The van der Waals surface area contributed by atoms with Crippen LogP contribution in [0, 0.1) is 18.3 Å². The Morgan fingerprint density at radius 1 is 1.21 bits per heavy atom. The van der Waals surface area contributed by atoms with Crippen molar-refractivity contribution in [3.05, 3.63) is 29.6 Å². The van der Waals surface area contributed by atoms with E-state index in [9.17, 15) is 13.2 Å². The molecule has 3 heterocycles. The molecule has 2 aromatic rings. The Morgan fingerprint density at radius 3 is 2.50 bits per heavy atom. The van der Waals surface area contributed by atoms with Gasteiger partial charge < -0.3 is 10.0 Å². The van der Waals surface area contributed by atoms with Crippen LogP contribution >= 0.6 is 0 Å². The predicted molar refractivity (Wildman–Crippen MR) is 96.1 cm³/mol. The number of amides is 1. The van der Waals surface area contributed by atoms with E-state index in [0.717, 1.165) is 0 Å². The third-order valence-electron chi connectivity index (χ3n) is 3.96. The zero-order valence-corrected chi connectivity index (χ0v) is 15.6. The van der Waals surface area contributed by atoms with Crippen molar-refractivity contribution in [1.29, 1.82) is 5.26 Å². The van der Waals surface area contributed by atoms with Gasteiger partial charge in [-0.3, -0.25) is 5.32 Å². The molecule has 0 saturated carbocycles. The molecule has 2 N–H and O–H groups in total. The van der Waals surface area contributed by atoms with Gasteiger partial charge in [0.2, 0.25) is 5.95 Å². The van der Waals surface area contributed by atoms with Gasteiger partial charge in [-0.2, -0.15) is 9.57 Å². The van der Waals surface area contributed by atoms with Crippen LogP contribution in [0.3, 0.4) is 0 Å². The minimum absolute atomic E-state index is 0.0684. The molecule has 0 aliphatic carbocycles. The van der Waals surface area contributed by atoms with Crippen molar-refractivity contribution in [1.82, 2.24) is 24.5 Å². The SMILES string of the molecule is Cc1cc(C#N)nc(N2CCN(S(=O)(=O)c3ccc(NC(=O)O)nn3)CC2)n1. The number of aromatic nitrogens is 4. The maximum Gasteiger partial charge on any atom is 0.410 e. The van der Waals surface area contributed by atoms with Gasteiger partial charge >= 0.3 is 6.09 Å². The van der Waals surface area contributed by atoms with Gasteiger partial charge in [0.05, 0.1) is 0 Å². The molecule has 1 amide bonds. The number of carbonyl (C=O) groups is 1. The third-order valence-corrected chi connectivity index (χ3v) is 5.75. The first-order chi connectivity index (χ1) is 13.3. The lowest BCUT2D eigenvalue weighted by atomic mass is 10.3. The fourth-order valence-corrected chi connectivity index (χ4v) is 3.94. The number of sulfonamides is 1. The van der Waals surface area contributed by atoms with Crippen LogP contribution in [0.5, 0.6) is 0 Å². The lowest BCUT2D eigenvalue weighted by Crippen LogP contribution is -2.49. The Balaban J connectivity index is 1.71. The summed E-state index contributed by atoms with van der Waals surface area (Å²) in [6.45, 7) is 2.81. The highest BCUT2D eigenvalue weighted by Crippen LogP contribution is 2.19. The number of nitrogens with one attached hydrogen (secondary N) is 1. The van der Waals surface area contributed by atoms with Crippen LogP contribution in [0.25, 0.3) is 0 Å². The van der Waals surface area contributed by atoms with E-state index in [1.807, 2.05) is 16.3 Å². The minimum atomic E-state index is -3.87. The molecule has 0 unspecified atom stereocenters. The first-order valence-electron chi connectivity index (χ1n) is 8.14. The summed E-state index contributed by atoms with van der Waals surface area (Å²) in [5.41, 5.74) is 0.907. The molecule has 0 spiro atoms. The van der Waals surface area contributed by atoms with E-state index in [1.54, 1.807) is 13.0 Å². The molecule has 12 nitrogen and oxygen atoms in total. The number of carboxylic acid groups (broad SMARTS) is 1. The van der Waals surface area contributed by atoms with Crippen LogP contribution in [-0.4, -0.2) is 70.3 Å². The molecule has 2 aromatic heterocycles. The van der Waals surface area contributed by atoms with Gasteiger partial charge in [-0.1, -0.05) is 0 Å². The van der Waals surface area contributed by atoms with E-state index < -0.39 is 16.1 Å². The van der Waals surface area contributed by atoms with Crippen LogP contribution in [0.4, 0.5) is 16.6 Å². The number of rotatable bonds is 4. The lowest BCUT2D eigenvalue weighted by molar-refractivity contribution is 0.209. The molecular formula is C15H16N8O4S. The standard InChI is InChI=1S/C15H16N8O4S/c1-10-8-11(9-16)18-14(17-10)22-4-6-23(7-5-22)28(26,27)13-3-2-12(20-21-13)19-15(24)25/h2-3,8H,4-7H2,1H3,(H,19,20)(H,24,25). The van der Waals surface area contributed by atoms with Crippen molar-refractivity contribution in [3.63, 3.8) is 0 Å². The van der Waals surface area contributed by atoms with Crippen LogP contribution in [0.15, 0.2) is 23.2 Å². The number of nitrogens with zero attached hydrogens (tertiary/aromatic N) is 7. The largest absolute Gasteiger partial charge is 0.465 e. The Kier molecular flexibility index (Phi) is 5.34. The molecule has 146 valence electrons. The van der Waals surface area contributed by atoms with E-state index in [0.29, 0.717) is 24.7 Å². The fraction of sp³-hybridized carbons (Fsp3) is 0.333. The predicted octanol–water partition coefficient (Wildman–Crippen LogP) is 0.0475. The number of aryl methyl sites for hydroxylation is 1. The maximum atomic E-state index is 12.7. The van der Waals surface area contributed by atoms with Gasteiger partial charge in [0.15, 0.2) is 10.8 Å². The third kappa shape index (κ3) is 4.13. The molecule has 1 saturated heterocycles. The fourth-order valence-electron chi connectivity index (χ4n) is 2.65. The zero-order valence-electron chi connectivity index (χ0n) is 14.8. The van der Waals surface area contributed by atoms with E-state index >= 15 is 0 Å². The number of nitriles is 1. The minimum Gasteiger partial charge on any atom is -0.465 e. The van der Waals surface area contributed by atoms with Gasteiger partial charge in [-0.05, 0) is 25.1 Å². The first kappa shape index (κ1) is 19.4. The van der Waals surface area contributed by atoms with E-state index in [1.165, 1.54) is 16.4 Å². The summed E-state index contributed by atoms with van der Waals surface area (Å²) in [7, 11) is -3.87. The van der Waals surface area contributed by atoms with Gasteiger partial charge in [0.1, 0.15) is 11.8 Å². The summed E-state index contributed by atoms with van der Waals surface area (Å²) in [6.07, 6.45) is -1.32. The second-order valence-electron chi connectivity index (χ2n) is 5.88. The Labute approximate surface area is 160 Å². The normalized spacial score (nSPS) is 15.1. The summed E-state index contributed by atoms with van der Waals surface area (Å²) < 4.78 is 26.7. The lowest BCUT2D eigenvalue weighted by Gasteiger charge is -2.33. The smallest absolute Gasteiger partial charge is 0.410 e. The van der Waals surface area contributed by atoms with Gasteiger partial charge in [0.25, 0.3) is 10.0 Å². The summed E-state index contributed by atoms with van der Waals surface area (Å²) in [5, 5.41) is 26.6. The molecule has 0 bridgehead atoms. The Morgan fingerprint density at radius 2 is 1.93 bits per heavy atom. The topological polar surface area (TPSA) is 165 Å². The van der Waals surface area contributed by atoms with Crippen LogP contribution in [-0.2, 0) is 10.0 Å². The molecule has 0 aromatic carbocycles. The van der Waals surface area contributed by atoms with Crippen LogP contribution in [0.1, 0.15) is 11.4 Å². The van der Waals surface area contributed by atoms with Gasteiger partial charge in [-0.25, -0.2) is 23.2 Å². The Hall–Kier alpha value is -3.37. The van der Waals surface area contributed by atoms with Gasteiger partial charge in [0, 0.05) is 31.9 Å². The highest BCUT2D eigenvalue weighted by atomic mass is 32.2. The number of anilines is 2. The quantitative estimate of drug-likeness (QED) is 0.711. The molecule has 0 radical (unpaired) electrons. The molecule has 1 aliphatic rings. The number of hydrogen-bond donors (Lipinski definition) is 2. The second kappa shape index (κ2) is 7.71. The van der Waals surface area contributed by atoms with E-state index in [2.05, 4.69) is 20.2 Å². The van der Waals surface area contributed by atoms with Crippen molar-refractivity contribution in [3.8, 4) is 6.07 Å². The summed E-state index contributed by atoms with van der Waals surface area (Å²) in [5.74, 6) is 0.318. The highest BCUT2D eigenvalue weighted by molar-refractivity contribution is 7.89. The van der Waals surface area contributed by atoms with E-state index in [4.69, 9.17) is 10.4 Å². The zero-order chi connectivity index (χ0) is 20.3. The van der Waals surface area contributed by atoms with Crippen molar-refractivity contribution >= 4 is 27.9 Å². The number of hydrogen-bond acceptors (Lipinski definition) is 9. The molecule has 3 rings (SSSR count). The molecule has 0 atom stereocenters. The van der Waals surface area contributed by atoms with Crippen LogP contribution < -0.4 is 10.2 Å². The highest BCUT2D eigenvalue weighted by Gasteiger charge is 2.30. The van der Waals surface area contributed by atoms with Crippen LogP contribution in [0.2, 0.25) is 0 Å². The summed E-state index contributed by atoms with van der Waals surface area (Å²) in [4.78, 5) is 20.8. The average Bonchev–Trinajstić information content (AvgIpc) is 2.67. The monoisotopic (exact) mass is 404 g/mol.